The number of nitrogens with one attached hydrogen (secondary N) is 1. The van der Waals surface area contributed by atoms with E-state index in [-0.39, 0.29) is 18.3 Å². The Labute approximate surface area is 127 Å². The molecule has 20 heavy (non-hydrogen) atoms. The smallest absolute Gasteiger partial charge is 0.219 e. The van der Waals surface area contributed by atoms with Gasteiger partial charge in [0.25, 0.3) is 0 Å². The van der Waals surface area contributed by atoms with E-state index >= 15 is 0 Å². The number of carbonyl (C=O) groups is 1. The highest BCUT2D eigenvalue weighted by Gasteiger charge is 2.20. The number of hydrogen-bond donors (Lipinski definition) is 2. The van der Waals surface area contributed by atoms with E-state index in [1.165, 1.54) is 5.56 Å². The Hall–Kier alpha value is -1.26. The summed E-state index contributed by atoms with van der Waals surface area (Å²) in [5, 5.41) is 3.09. The monoisotopic (exact) mass is 297 g/mol. The second-order valence-corrected chi connectivity index (χ2v) is 5.24. The van der Waals surface area contributed by atoms with Gasteiger partial charge in [-0.2, -0.15) is 0 Å². The Morgan fingerprint density at radius 3 is 3.00 bits per heavy atom. The average molecular weight is 298 g/mol. The van der Waals surface area contributed by atoms with E-state index in [0.717, 1.165) is 38.2 Å². The van der Waals surface area contributed by atoms with Gasteiger partial charge in [0.1, 0.15) is 0 Å². The molecule has 1 amide bonds. The van der Waals surface area contributed by atoms with Crippen molar-refractivity contribution in [2.45, 2.75) is 38.8 Å². The van der Waals surface area contributed by atoms with Crippen molar-refractivity contribution in [3.05, 3.63) is 29.8 Å². The zero-order valence-electron chi connectivity index (χ0n) is 12.0. The second-order valence-electron chi connectivity index (χ2n) is 5.24. The summed E-state index contributed by atoms with van der Waals surface area (Å²) in [6.07, 6.45) is 2.78. The normalized spacial score (nSPS) is 19.1. The third-order valence-corrected chi connectivity index (χ3v) is 3.55. The van der Waals surface area contributed by atoms with Crippen molar-refractivity contribution < 1.29 is 4.79 Å². The molecule has 1 fully saturated rings. The van der Waals surface area contributed by atoms with Crippen LogP contribution in [0.5, 0.6) is 0 Å². The predicted molar refractivity (Wildman–Crippen MR) is 84.8 cm³/mol. The molecule has 0 aliphatic carbocycles. The third-order valence-electron chi connectivity index (χ3n) is 3.55. The van der Waals surface area contributed by atoms with Gasteiger partial charge in [-0.25, -0.2) is 0 Å². The Kier molecular flexibility index (Phi) is 6.82. The van der Waals surface area contributed by atoms with Gasteiger partial charge in [-0.1, -0.05) is 19.1 Å². The number of halogens is 1. The summed E-state index contributed by atoms with van der Waals surface area (Å²) >= 11 is 0. The number of piperidine rings is 1. The Morgan fingerprint density at radius 2 is 2.30 bits per heavy atom. The Balaban J connectivity index is 0.00000200. The lowest BCUT2D eigenvalue weighted by molar-refractivity contribution is -0.121. The predicted octanol–water partition coefficient (Wildman–Crippen LogP) is 2.18. The first-order valence-electron chi connectivity index (χ1n) is 7.03. The minimum absolute atomic E-state index is 0. The first-order chi connectivity index (χ1) is 9.17. The van der Waals surface area contributed by atoms with Crippen LogP contribution < -0.4 is 11.1 Å². The molecule has 1 aliphatic heterocycles. The fourth-order valence-electron chi connectivity index (χ4n) is 2.60. The highest BCUT2D eigenvalue weighted by molar-refractivity contribution is 5.85. The first kappa shape index (κ1) is 16.8. The molecular weight excluding hydrogens is 274 g/mol. The zero-order chi connectivity index (χ0) is 13.7. The molecule has 1 heterocycles. The summed E-state index contributed by atoms with van der Waals surface area (Å²) < 4.78 is 0. The van der Waals surface area contributed by atoms with Crippen LogP contribution in [0.4, 0.5) is 5.69 Å². The van der Waals surface area contributed by atoms with Crippen molar-refractivity contribution in [1.29, 1.82) is 0 Å². The molecule has 3 N–H and O–H groups in total. The molecule has 0 bridgehead atoms. The number of nitrogens with two attached hydrogens (primary N) is 1. The first-order valence-corrected chi connectivity index (χ1v) is 7.03. The van der Waals surface area contributed by atoms with E-state index in [0.29, 0.717) is 12.5 Å². The molecule has 1 atom stereocenters. The van der Waals surface area contributed by atoms with E-state index in [1.54, 1.807) is 0 Å². The fourth-order valence-corrected chi connectivity index (χ4v) is 2.60. The second kappa shape index (κ2) is 8.12. The van der Waals surface area contributed by atoms with Crippen molar-refractivity contribution >= 4 is 24.0 Å². The lowest BCUT2D eigenvalue weighted by Gasteiger charge is -2.33. The maximum Gasteiger partial charge on any atom is 0.219 e. The lowest BCUT2D eigenvalue weighted by atomic mass is 10.0. The maximum atomic E-state index is 11.4. The van der Waals surface area contributed by atoms with Gasteiger partial charge in [0.05, 0.1) is 0 Å². The van der Waals surface area contributed by atoms with Crippen molar-refractivity contribution in [3.63, 3.8) is 0 Å². The molecule has 2 rings (SSSR count). The van der Waals surface area contributed by atoms with E-state index in [1.807, 2.05) is 25.1 Å². The third kappa shape index (κ3) is 5.02. The quantitative estimate of drug-likeness (QED) is 0.838. The summed E-state index contributed by atoms with van der Waals surface area (Å²) in [5.74, 6) is 0.149. The summed E-state index contributed by atoms with van der Waals surface area (Å²) in [6, 6.07) is 8.32. The number of nitrogens with zero attached hydrogens (tertiary/aromatic N) is 1. The number of rotatable bonds is 4. The van der Waals surface area contributed by atoms with Gasteiger partial charge >= 0.3 is 0 Å². The van der Waals surface area contributed by atoms with Gasteiger partial charge in [0, 0.05) is 31.2 Å². The Bertz CT molecular complexity index is 439. The number of nitrogen functional groups attached to an aromatic ring is 1. The van der Waals surface area contributed by atoms with Crippen LogP contribution in [0.2, 0.25) is 0 Å². The molecule has 5 heteroatoms. The molecule has 1 aliphatic rings. The van der Waals surface area contributed by atoms with Gasteiger partial charge in [-0.05, 0) is 37.1 Å². The van der Waals surface area contributed by atoms with Crippen LogP contribution in [0.25, 0.3) is 0 Å². The fraction of sp³-hybridized carbons (Fsp3) is 0.533. The molecule has 0 radical (unpaired) electrons. The van der Waals surface area contributed by atoms with Gasteiger partial charge in [0.15, 0.2) is 0 Å². The average Bonchev–Trinajstić information content (AvgIpc) is 2.39. The van der Waals surface area contributed by atoms with Crippen LogP contribution in [0.15, 0.2) is 24.3 Å². The highest BCUT2D eigenvalue weighted by Crippen LogP contribution is 2.15. The number of amides is 1. The number of anilines is 1. The van der Waals surface area contributed by atoms with E-state index in [9.17, 15) is 4.79 Å². The summed E-state index contributed by atoms with van der Waals surface area (Å²) in [7, 11) is 0. The molecule has 112 valence electrons. The minimum Gasteiger partial charge on any atom is -0.399 e. The van der Waals surface area contributed by atoms with Crippen molar-refractivity contribution in [3.8, 4) is 0 Å². The SMILES string of the molecule is CCC(=O)NC1CCCN(Cc2cccc(N)c2)C1.Cl. The van der Waals surface area contributed by atoms with E-state index in [4.69, 9.17) is 5.73 Å². The van der Waals surface area contributed by atoms with Gasteiger partial charge in [-0.3, -0.25) is 9.69 Å². The van der Waals surface area contributed by atoms with E-state index < -0.39 is 0 Å². The van der Waals surface area contributed by atoms with Crippen LogP contribution in [-0.2, 0) is 11.3 Å². The summed E-state index contributed by atoms with van der Waals surface area (Å²) in [4.78, 5) is 13.8. The van der Waals surface area contributed by atoms with Crippen LogP contribution in [0, 0.1) is 0 Å². The van der Waals surface area contributed by atoms with E-state index in [2.05, 4.69) is 16.3 Å². The molecular formula is C15H24ClN3O. The summed E-state index contributed by atoms with van der Waals surface area (Å²) in [6.45, 7) is 4.82. The molecule has 1 saturated heterocycles. The standard InChI is InChI=1S/C15H23N3O.ClH/c1-2-15(19)17-14-7-4-8-18(11-14)10-12-5-3-6-13(16)9-12;/h3,5-6,9,14H,2,4,7-8,10-11,16H2,1H3,(H,17,19);1H. The van der Waals surface area contributed by atoms with Crippen LogP contribution in [0.1, 0.15) is 31.7 Å². The molecule has 1 aromatic rings. The molecule has 1 aromatic carbocycles. The molecule has 1 unspecified atom stereocenters. The minimum atomic E-state index is 0. The topological polar surface area (TPSA) is 58.4 Å². The number of hydrogen-bond acceptors (Lipinski definition) is 3. The number of likely N-dealkylation sites (tertiary alicyclic amines) is 1. The van der Waals surface area contributed by atoms with Crippen LogP contribution in [0.3, 0.4) is 0 Å². The number of benzene rings is 1. The van der Waals surface area contributed by atoms with Crippen molar-refractivity contribution in [2.24, 2.45) is 0 Å². The van der Waals surface area contributed by atoms with Crippen molar-refractivity contribution in [2.75, 3.05) is 18.8 Å². The van der Waals surface area contributed by atoms with Gasteiger partial charge in [-0.15, -0.1) is 12.4 Å². The lowest BCUT2D eigenvalue weighted by Crippen LogP contribution is -2.47. The summed E-state index contributed by atoms with van der Waals surface area (Å²) in [5.41, 5.74) is 7.85. The van der Waals surface area contributed by atoms with Crippen LogP contribution in [-0.4, -0.2) is 29.9 Å². The zero-order valence-corrected chi connectivity index (χ0v) is 12.8. The van der Waals surface area contributed by atoms with Crippen molar-refractivity contribution in [1.82, 2.24) is 10.2 Å². The molecule has 0 spiro atoms. The number of carbonyl (C=O) groups excluding carboxylic acids is 1. The highest BCUT2D eigenvalue weighted by atomic mass is 35.5. The maximum absolute atomic E-state index is 11.4. The molecule has 0 aromatic heterocycles. The largest absolute Gasteiger partial charge is 0.399 e. The molecule has 4 nitrogen and oxygen atoms in total. The Morgan fingerprint density at radius 1 is 1.50 bits per heavy atom. The molecule has 0 saturated carbocycles. The van der Waals surface area contributed by atoms with Gasteiger partial charge < -0.3 is 11.1 Å². The van der Waals surface area contributed by atoms with Crippen LogP contribution >= 0.6 is 12.4 Å². The van der Waals surface area contributed by atoms with Gasteiger partial charge in [0.2, 0.25) is 5.91 Å².